The number of pyridine rings is 1. The van der Waals surface area contributed by atoms with Crippen LogP contribution in [0.4, 0.5) is 10.9 Å². The summed E-state index contributed by atoms with van der Waals surface area (Å²) in [6, 6.07) is 21.4. The predicted octanol–water partition coefficient (Wildman–Crippen LogP) is 9.40. The van der Waals surface area contributed by atoms with Crippen LogP contribution in [0.2, 0.25) is 0 Å². The number of fused-ring (bicyclic) bond motifs is 2. The molecule has 0 fully saturated rings. The fourth-order valence-electron chi connectivity index (χ4n) is 6.88. The summed E-state index contributed by atoms with van der Waals surface area (Å²) in [6.45, 7) is 9.83. The van der Waals surface area contributed by atoms with Crippen LogP contribution in [0.15, 0.2) is 66.7 Å². The Morgan fingerprint density at radius 2 is 1.75 bits per heavy atom. The number of unbranched alkanes of at least 4 members (excludes halogenated alkanes) is 5. The number of hydrogen-bond donors (Lipinski definition) is 2. The summed E-state index contributed by atoms with van der Waals surface area (Å²) in [7, 11) is 0. The third kappa shape index (κ3) is 8.18. The minimum atomic E-state index is -1.10. The van der Waals surface area contributed by atoms with Gasteiger partial charge in [-0.3, -0.25) is 10.1 Å². The normalized spacial score (nSPS) is 12.8. The standard InChI is InChI=1S/C42H46N4O5S/c1-27-29(16-14-19-34(27)51-24-12-8-6-5-7-11-23-47)37-32(42(2,3)4)25-36(44-38(37)40(49)50)46-22-21-28-15-13-17-30(31(28)26-46)39(48)45-41-43-33-18-9-10-20-35(33)52-41/h9-10,13-20,23,25H,5-8,11-12,21-22,24,26H2,1-4H3,(H,49,50)(H,43,45,48). The van der Waals surface area contributed by atoms with E-state index in [2.05, 4.69) is 42.0 Å². The Balaban J connectivity index is 1.28. The number of rotatable bonds is 14. The van der Waals surface area contributed by atoms with Crippen LogP contribution in [-0.4, -0.2) is 46.4 Å². The van der Waals surface area contributed by atoms with E-state index < -0.39 is 11.4 Å². The molecule has 270 valence electrons. The Morgan fingerprint density at radius 3 is 2.52 bits per heavy atom. The molecule has 1 aliphatic heterocycles. The van der Waals surface area contributed by atoms with Crippen molar-refractivity contribution in [3.63, 3.8) is 0 Å². The highest BCUT2D eigenvalue weighted by atomic mass is 32.1. The van der Waals surface area contributed by atoms with Crippen LogP contribution in [0.1, 0.15) is 102 Å². The summed E-state index contributed by atoms with van der Waals surface area (Å²) in [5, 5.41) is 14.2. The van der Waals surface area contributed by atoms with Gasteiger partial charge in [0.1, 0.15) is 17.9 Å². The van der Waals surface area contributed by atoms with Gasteiger partial charge in [-0.2, -0.15) is 0 Å². The molecule has 0 radical (unpaired) electrons. The van der Waals surface area contributed by atoms with E-state index in [4.69, 9.17) is 9.72 Å². The van der Waals surface area contributed by atoms with E-state index >= 15 is 0 Å². The summed E-state index contributed by atoms with van der Waals surface area (Å²) in [5.74, 6) is -0.0369. The Hall–Kier alpha value is -5.09. The van der Waals surface area contributed by atoms with Crippen molar-refractivity contribution in [2.45, 2.75) is 84.6 Å². The topological polar surface area (TPSA) is 122 Å². The number of anilines is 2. The van der Waals surface area contributed by atoms with Crippen LogP contribution in [0.3, 0.4) is 0 Å². The number of aromatic nitrogens is 2. The molecular formula is C42H46N4O5S. The molecule has 3 aromatic carbocycles. The smallest absolute Gasteiger partial charge is 0.355 e. The van der Waals surface area contributed by atoms with E-state index in [1.165, 1.54) is 11.3 Å². The maximum absolute atomic E-state index is 13.7. The van der Waals surface area contributed by atoms with Gasteiger partial charge in [0, 0.05) is 30.6 Å². The molecule has 0 atom stereocenters. The Labute approximate surface area is 309 Å². The third-order valence-corrected chi connectivity index (χ3v) is 10.6. The van der Waals surface area contributed by atoms with Crippen molar-refractivity contribution in [3.05, 3.63) is 100 Å². The lowest BCUT2D eigenvalue weighted by Gasteiger charge is -2.33. The monoisotopic (exact) mass is 718 g/mol. The summed E-state index contributed by atoms with van der Waals surface area (Å²) >= 11 is 1.44. The number of amides is 1. The lowest BCUT2D eigenvalue weighted by atomic mass is 9.80. The molecule has 52 heavy (non-hydrogen) atoms. The minimum absolute atomic E-state index is 0.00865. The summed E-state index contributed by atoms with van der Waals surface area (Å²) in [5.41, 5.74) is 6.08. The molecule has 0 saturated heterocycles. The van der Waals surface area contributed by atoms with Crippen molar-refractivity contribution in [3.8, 4) is 16.9 Å². The first-order valence-electron chi connectivity index (χ1n) is 18.0. The number of benzene rings is 3. The van der Waals surface area contributed by atoms with Gasteiger partial charge in [-0.25, -0.2) is 14.8 Å². The van der Waals surface area contributed by atoms with E-state index in [1.807, 2.05) is 67.6 Å². The average molecular weight is 719 g/mol. The zero-order valence-electron chi connectivity index (χ0n) is 30.3. The number of hydrogen-bond acceptors (Lipinski definition) is 8. The molecule has 0 bridgehead atoms. The zero-order chi connectivity index (χ0) is 36.8. The van der Waals surface area contributed by atoms with Gasteiger partial charge in [-0.1, -0.05) is 87.8 Å². The van der Waals surface area contributed by atoms with Gasteiger partial charge >= 0.3 is 5.97 Å². The molecule has 3 heterocycles. The number of aromatic carboxylic acids is 1. The maximum Gasteiger partial charge on any atom is 0.355 e. The number of ether oxygens (including phenoxy) is 1. The Kier molecular flexibility index (Phi) is 11.3. The van der Waals surface area contributed by atoms with Gasteiger partial charge in [-0.15, -0.1) is 0 Å². The predicted molar refractivity (Wildman–Crippen MR) is 208 cm³/mol. The van der Waals surface area contributed by atoms with Gasteiger partial charge in [0.25, 0.3) is 5.91 Å². The molecule has 1 aliphatic rings. The van der Waals surface area contributed by atoms with Gasteiger partial charge in [-0.05, 0) is 89.8 Å². The molecule has 5 aromatic rings. The number of aldehydes is 1. The highest BCUT2D eigenvalue weighted by Gasteiger charge is 2.31. The molecule has 0 saturated carbocycles. The van der Waals surface area contributed by atoms with E-state index in [0.29, 0.717) is 54.6 Å². The number of carbonyl (C=O) groups is 3. The van der Waals surface area contributed by atoms with Gasteiger partial charge in [0.2, 0.25) is 0 Å². The SMILES string of the molecule is Cc1c(OCCCCCCCC=O)cccc1-c1c(C(C)(C)C)cc(N2CCc3cccc(C(=O)Nc4nc5ccccc5s4)c3C2)nc1C(=O)O. The number of carboxylic acids is 1. The van der Waals surface area contributed by atoms with Crippen molar-refractivity contribution >= 4 is 50.7 Å². The van der Waals surface area contributed by atoms with E-state index in [9.17, 15) is 19.5 Å². The first-order chi connectivity index (χ1) is 25.0. The first kappa shape index (κ1) is 36.7. The number of nitrogens with zero attached hydrogens (tertiary/aromatic N) is 3. The van der Waals surface area contributed by atoms with Crippen LogP contribution in [0.5, 0.6) is 5.75 Å². The number of nitrogens with one attached hydrogen (secondary N) is 1. The summed E-state index contributed by atoms with van der Waals surface area (Å²) < 4.78 is 7.22. The van der Waals surface area contributed by atoms with Crippen molar-refractivity contribution < 1.29 is 24.2 Å². The Morgan fingerprint density at radius 1 is 0.981 bits per heavy atom. The molecule has 6 rings (SSSR count). The highest BCUT2D eigenvalue weighted by molar-refractivity contribution is 7.22. The molecule has 2 N–H and O–H groups in total. The lowest BCUT2D eigenvalue weighted by molar-refractivity contribution is -0.107. The average Bonchev–Trinajstić information content (AvgIpc) is 3.54. The van der Waals surface area contributed by atoms with Crippen LogP contribution in [0, 0.1) is 6.92 Å². The van der Waals surface area contributed by atoms with Crippen molar-refractivity contribution in [2.24, 2.45) is 0 Å². The molecule has 9 nitrogen and oxygen atoms in total. The summed E-state index contributed by atoms with van der Waals surface area (Å²) in [4.78, 5) is 48.7. The largest absolute Gasteiger partial charge is 0.493 e. The fourth-order valence-corrected chi connectivity index (χ4v) is 7.74. The van der Waals surface area contributed by atoms with Crippen LogP contribution < -0.4 is 15.0 Å². The Bertz CT molecular complexity index is 2070. The molecule has 2 aromatic heterocycles. The molecule has 0 aliphatic carbocycles. The van der Waals surface area contributed by atoms with E-state index in [0.717, 1.165) is 82.2 Å². The van der Waals surface area contributed by atoms with E-state index in [-0.39, 0.29) is 11.6 Å². The van der Waals surface area contributed by atoms with Gasteiger partial charge < -0.3 is 19.5 Å². The molecular weight excluding hydrogens is 673 g/mol. The van der Waals surface area contributed by atoms with E-state index in [1.54, 1.807) is 0 Å². The molecule has 1 amide bonds. The first-order valence-corrected chi connectivity index (χ1v) is 18.8. The number of thiazole rings is 1. The van der Waals surface area contributed by atoms with Crippen LogP contribution in [-0.2, 0) is 23.2 Å². The summed E-state index contributed by atoms with van der Waals surface area (Å²) in [6.07, 6.45) is 7.23. The fraction of sp³-hybridized carbons (Fsp3) is 0.357. The highest BCUT2D eigenvalue weighted by Crippen LogP contribution is 2.41. The van der Waals surface area contributed by atoms with Gasteiger partial charge in [0.05, 0.1) is 16.8 Å². The van der Waals surface area contributed by atoms with Crippen LogP contribution >= 0.6 is 11.3 Å². The number of carboxylic acid groups (broad SMARTS) is 1. The molecule has 0 spiro atoms. The second-order valence-corrected chi connectivity index (χ2v) is 15.4. The lowest BCUT2D eigenvalue weighted by Crippen LogP contribution is -2.33. The van der Waals surface area contributed by atoms with Crippen molar-refractivity contribution in [1.29, 1.82) is 0 Å². The van der Waals surface area contributed by atoms with Crippen molar-refractivity contribution in [2.75, 3.05) is 23.4 Å². The minimum Gasteiger partial charge on any atom is -0.493 e. The maximum atomic E-state index is 13.7. The zero-order valence-corrected chi connectivity index (χ0v) is 31.1. The number of carbonyl (C=O) groups excluding carboxylic acids is 2. The second-order valence-electron chi connectivity index (χ2n) is 14.4. The third-order valence-electron chi connectivity index (χ3n) is 9.65. The second kappa shape index (κ2) is 16.1. The molecule has 0 unspecified atom stereocenters. The number of para-hydroxylation sites is 1. The molecule has 10 heteroatoms. The van der Waals surface area contributed by atoms with Crippen LogP contribution in [0.25, 0.3) is 21.3 Å². The van der Waals surface area contributed by atoms with Crippen molar-refractivity contribution in [1.82, 2.24) is 9.97 Å². The quantitative estimate of drug-likeness (QED) is 0.0861. The van der Waals surface area contributed by atoms with Gasteiger partial charge in [0.15, 0.2) is 10.8 Å².